The van der Waals surface area contributed by atoms with Crippen LogP contribution >= 0.6 is 0 Å². The van der Waals surface area contributed by atoms with Crippen LogP contribution in [0.15, 0.2) is 29.2 Å². The van der Waals surface area contributed by atoms with Crippen LogP contribution < -0.4 is 16.4 Å². The highest BCUT2D eigenvalue weighted by atomic mass is 32.2. The number of carboxylic acid groups (broad SMARTS) is 1. The van der Waals surface area contributed by atoms with E-state index in [0.29, 0.717) is 0 Å². The molecule has 7 N–H and O–H groups in total. The molecule has 0 radical (unpaired) electrons. The van der Waals surface area contributed by atoms with E-state index in [1.165, 1.54) is 12.1 Å². The summed E-state index contributed by atoms with van der Waals surface area (Å²) in [5, 5.41) is 22.9. The molecule has 1 heterocycles. The summed E-state index contributed by atoms with van der Waals surface area (Å²) >= 11 is 0. The van der Waals surface area contributed by atoms with Crippen LogP contribution in [0.2, 0.25) is 0 Å². The molecule has 1 aromatic carbocycles. The van der Waals surface area contributed by atoms with Crippen LogP contribution in [0.25, 0.3) is 0 Å². The van der Waals surface area contributed by atoms with Crippen molar-refractivity contribution in [1.82, 2.24) is 10.6 Å². The molecule has 2 atom stereocenters. The fraction of sp³-hybridized carbons (Fsp3) is 0.571. The lowest BCUT2D eigenvalue weighted by Gasteiger charge is -2.56. The predicted octanol–water partition coefficient (Wildman–Crippen LogP) is -0.688. The zero-order valence-corrected chi connectivity index (χ0v) is 21.8. The number of nitrogens with two attached hydrogens (primary N) is 1. The molecule has 1 aliphatic heterocycles. The second-order valence-corrected chi connectivity index (χ2v) is 13.2. The van der Waals surface area contributed by atoms with Crippen molar-refractivity contribution in [3.63, 3.8) is 0 Å². The number of carboxylic acids is 1. The molecule has 2 amide bonds. The van der Waals surface area contributed by atoms with Crippen LogP contribution in [-0.2, 0) is 35.3 Å². The highest BCUT2D eigenvalue weighted by Crippen LogP contribution is 2.44. The number of carbonyl (C=O) groups excluding carboxylic acids is 2. The average Bonchev–Trinajstić information content (AvgIpc) is 2.74. The number of hydrogen-bond acceptors (Lipinski definition) is 8. The Balaban J connectivity index is 0.000000462. The molecular weight excluding hydrogens is 502 g/mol. The van der Waals surface area contributed by atoms with Gasteiger partial charge in [0.1, 0.15) is 6.04 Å². The van der Waals surface area contributed by atoms with E-state index in [0.717, 1.165) is 5.56 Å². The summed E-state index contributed by atoms with van der Waals surface area (Å²) in [6, 6.07) is 2.99. The number of amides is 2. The number of hydrogen-bond donors (Lipinski definition) is 6. The van der Waals surface area contributed by atoms with Gasteiger partial charge in [-0.1, -0.05) is 17.7 Å². The lowest BCUT2D eigenvalue weighted by molar-refractivity contribution is -0.139. The van der Waals surface area contributed by atoms with Crippen molar-refractivity contribution in [1.29, 1.82) is 0 Å². The maximum absolute atomic E-state index is 12.3. The molecule has 1 saturated heterocycles. The van der Waals surface area contributed by atoms with E-state index in [1.807, 2.05) is 6.92 Å². The standard InChI is InChI=1S/C14H25N3O6S.C7H8O3S/c1-13(2)12(14(3,4)24(13)23)17-11(22)8(6-18)16-10(21)7(15)5-9(19)20;1-6-2-4-7(5-3-6)11(8,9)10/h7-8,12,18H,5-6,15H2,1-4H3,(H,16,21)(H,17,22)(H,19,20);2-5H,1H3,(H,8,9,10)/t7-,8+,12?,24?;/m0./s1. The third-order valence-corrected chi connectivity index (χ3v) is 8.75. The van der Waals surface area contributed by atoms with E-state index in [4.69, 9.17) is 15.4 Å². The topological polar surface area (TPSA) is 213 Å². The first-order valence-electron chi connectivity index (χ1n) is 10.5. The minimum absolute atomic E-state index is 0.0666. The molecule has 35 heavy (non-hydrogen) atoms. The van der Waals surface area contributed by atoms with Crippen LogP contribution in [0.1, 0.15) is 39.7 Å². The molecule has 12 nitrogen and oxygen atoms in total. The summed E-state index contributed by atoms with van der Waals surface area (Å²) in [4.78, 5) is 34.6. The van der Waals surface area contributed by atoms with Crippen molar-refractivity contribution in [3.05, 3.63) is 29.8 Å². The van der Waals surface area contributed by atoms with Crippen molar-refractivity contribution >= 4 is 38.7 Å². The van der Waals surface area contributed by atoms with E-state index < -0.39 is 79.3 Å². The molecule has 2 rings (SSSR count). The summed E-state index contributed by atoms with van der Waals surface area (Å²) in [5.74, 6) is -2.73. The van der Waals surface area contributed by atoms with E-state index in [2.05, 4.69) is 10.6 Å². The van der Waals surface area contributed by atoms with Crippen LogP contribution in [0.4, 0.5) is 0 Å². The summed E-state index contributed by atoms with van der Waals surface area (Å²) in [6.07, 6.45) is -0.590. The highest BCUT2D eigenvalue weighted by molar-refractivity contribution is 7.89. The smallest absolute Gasteiger partial charge is 0.305 e. The van der Waals surface area contributed by atoms with E-state index >= 15 is 0 Å². The Hall–Kier alpha value is -2.39. The Morgan fingerprint density at radius 1 is 1.09 bits per heavy atom. The van der Waals surface area contributed by atoms with Crippen molar-refractivity contribution in [2.45, 2.75) is 73.6 Å². The van der Waals surface area contributed by atoms with E-state index in [1.54, 1.807) is 39.8 Å². The SMILES string of the molecule is CC1(C)C(NC(=O)[C@@H](CO)NC(=O)[C@@H](N)CC(=O)O)C(C)(C)S1=O.Cc1ccc(S(=O)(=O)O)cc1. The van der Waals surface area contributed by atoms with Gasteiger partial charge in [0.05, 0.1) is 39.5 Å². The minimum atomic E-state index is -4.02. The molecule has 14 heteroatoms. The quantitative estimate of drug-likeness (QED) is 0.230. The molecule has 0 spiro atoms. The van der Waals surface area contributed by atoms with Crippen LogP contribution in [0.3, 0.4) is 0 Å². The molecule has 0 bridgehead atoms. The Kier molecular flexibility index (Phi) is 10.1. The largest absolute Gasteiger partial charge is 0.481 e. The zero-order chi connectivity index (χ0) is 27.4. The normalized spacial score (nSPS) is 21.8. The first-order valence-corrected chi connectivity index (χ1v) is 13.1. The fourth-order valence-electron chi connectivity index (χ4n) is 3.73. The van der Waals surface area contributed by atoms with Crippen molar-refractivity contribution < 1.29 is 41.8 Å². The van der Waals surface area contributed by atoms with Gasteiger partial charge in [-0.3, -0.25) is 23.1 Å². The highest BCUT2D eigenvalue weighted by Gasteiger charge is 2.61. The minimum Gasteiger partial charge on any atom is -0.481 e. The van der Waals surface area contributed by atoms with Gasteiger partial charge >= 0.3 is 5.97 Å². The molecule has 0 unspecified atom stereocenters. The zero-order valence-electron chi connectivity index (χ0n) is 20.1. The maximum Gasteiger partial charge on any atom is 0.305 e. The molecule has 0 saturated carbocycles. The van der Waals surface area contributed by atoms with Gasteiger partial charge in [-0.25, -0.2) is 0 Å². The molecule has 0 aromatic heterocycles. The lowest BCUT2D eigenvalue weighted by Crippen LogP contribution is -2.76. The van der Waals surface area contributed by atoms with Gasteiger partial charge in [-0.2, -0.15) is 8.42 Å². The molecular formula is C21H33N3O9S2. The lowest BCUT2D eigenvalue weighted by atomic mass is 9.89. The number of nitrogens with one attached hydrogen (secondary N) is 2. The van der Waals surface area contributed by atoms with E-state index in [-0.39, 0.29) is 4.90 Å². The van der Waals surface area contributed by atoms with Crippen molar-refractivity contribution in [2.24, 2.45) is 5.73 Å². The van der Waals surface area contributed by atoms with Gasteiger partial charge < -0.3 is 26.6 Å². The van der Waals surface area contributed by atoms with Gasteiger partial charge in [0, 0.05) is 10.8 Å². The summed E-state index contributed by atoms with van der Waals surface area (Å²) in [7, 11) is -5.17. The first kappa shape index (κ1) is 30.6. The summed E-state index contributed by atoms with van der Waals surface area (Å²) in [5.41, 5.74) is 6.37. The van der Waals surface area contributed by atoms with Gasteiger partial charge in [-0.15, -0.1) is 0 Å². The molecule has 1 fully saturated rings. The second kappa shape index (κ2) is 11.6. The monoisotopic (exact) mass is 535 g/mol. The number of benzene rings is 1. The van der Waals surface area contributed by atoms with Crippen molar-refractivity contribution in [2.75, 3.05) is 6.61 Å². The third-order valence-electron chi connectivity index (χ3n) is 5.50. The number of aliphatic carboxylic acids is 1. The number of aliphatic hydroxyl groups is 1. The van der Waals surface area contributed by atoms with Gasteiger partial charge in [0.15, 0.2) is 0 Å². The fourth-order valence-corrected chi connectivity index (χ4v) is 6.51. The maximum atomic E-state index is 12.3. The molecule has 198 valence electrons. The van der Waals surface area contributed by atoms with E-state index in [9.17, 15) is 32.1 Å². The summed E-state index contributed by atoms with van der Waals surface area (Å²) < 4.78 is 40.5. The average molecular weight is 536 g/mol. The second-order valence-electron chi connectivity index (χ2n) is 9.15. The molecule has 1 aliphatic rings. The number of carbonyl (C=O) groups is 3. The Morgan fingerprint density at radius 2 is 1.57 bits per heavy atom. The third kappa shape index (κ3) is 7.80. The van der Waals surface area contributed by atoms with Crippen molar-refractivity contribution in [3.8, 4) is 0 Å². The Labute approximate surface area is 206 Å². The Morgan fingerprint density at radius 3 is 1.97 bits per heavy atom. The van der Waals surface area contributed by atoms with Gasteiger partial charge in [0.25, 0.3) is 10.1 Å². The summed E-state index contributed by atoms with van der Waals surface area (Å²) in [6.45, 7) is 8.20. The number of aryl methyl sites for hydroxylation is 1. The van der Waals surface area contributed by atoms with Gasteiger partial charge in [-0.05, 0) is 46.8 Å². The number of rotatable bonds is 8. The molecule has 0 aliphatic carbocycles. The Bertz CT molecular complexity index is 1050. The van der Waals surface area contributed by atoms with Crippen LogP contribution in [-0.4, -0.2) is 79.4 Å². The number of aliphatic hydroxyl groups excluding tert-OH is 1. The van der Waals surface area contributed by atoms with Crippen LogP contribution in [0, 0.1) is 6.92 Å². The van der Waals surface area contributed by atoms with Crippen LogP contribution in [0.5, 0.6) is 0 Å². The first-order chi connectivity index (χ1) is 15.8. The molecule has 1 aromatic rings. The predicted molar refractivity (Wildman–Crippen MR) is 128 cm³/mol. The van der Waals surface area contributed by atoms with Gasteiger partial charge in [0.2, 0.25) is 11.8 Å².